The van der Waals surface area contributed by atoms with E-state index >= 15 is 0 Å². The predicted molar refractivity (Wildman–Crippen MR) is 114 cm³/mol. The van der Waals surface area contributed by atoms with Crippen molar-refractivity contribution in [3.05, 3.63) is 77.7 Å². The fourth-order valence-corrected chi connectivity index (χ4v) is 4.85. The van der Waals surface area contributed by atoms with Crippen LogP contribution < -0.4 is 0 Å². The molecule has 0 atom stereocenters. The topological polar surface area (TPSA) is 83.2 Å². The summed E-state index contributed by atoms with van der Waals surface area (Å²) >= 11 is 0. The Bertz CT molecular complexity index is 1450. The van der Waals surface area contributed by atoms with Crippen LogP contribution in [0.3, 0.4) is 0 Å². The Kier molecular flexibility index (Phi) is 5.52. The van der Waals surface area contributed by atoms with E-state index in [4.69, 9.17) is 4.74 Å². The van der Waals surface area contributed by atoms with E-state index in [0.29, 0.717) is 4.68 Å². The molecular formula is C22H18F3N3O4S. The molecule has 2 aromatic carbocycles. The summed E-state index contributed by atoms with van der Waals surface area (Å²) in [7, 11) is -4.00. The maximum Gasteiger partial charge on any atom is 0.434 e. The molecule has 0 aliphatic heterocycles. The summed E-state index contributed by atoms with van der Waals surface area (Å²) in [6, 6.07) is 11.9. The highest BCUT2D eigenvalue weighted by Gasteiger charge is 2.41. The van der Waals surface area contributed by atoms with E-state index in [1.54, 1.807) is 12.1 Å². The van der Waals surface area contributed by atoms with E-state index in [9.17, 15) is 26.4 Å². The van der Waals surface area contributed by atoms with Gasteiger partial charge in [-0.25, -0.2) is 21.9 Å². The molecule has 33 heavy (non-hydrogen) atoms. The zero-order valence-electron chi connectivity index (χ0n) is 17.5. The van der Waals surface area contributed by atoms with E-state index in [2.05, 4.69) is 5.10 Å². The summed E-state index contributed by atoms with van der Waals surface area (Å²) in [4.78, 5) is 12.1. The summed E-state index contributed by atoms with van der Waals surface area (Å²) in [5.41, 5.74) is -1.03. The van der Waals surface area contributed by atoms with Gasteiger partial charge in [-0.05, 0) is 44.2 Å². The minimum absolute atomic E-state index is 0.0340. The number of fused-ring (bicyclic) bond motifs is 1. The summed E-state index contributed by atoms with van der Waals surface area (Å²) < 4.78 is 74.4. The molecule has 0 aliphatic rings. The number of esters is 1. The third-order valence-electron chi connectivity index (χ3n) is 5.01. The van der Waals surface area contributed by atoms with Gasteiger partial charge in [-0.3, -0.25) is 0 Å². The van der Waals surface area contributed by atoms with Gasteiger partial charge in [0.15, 0.2) is 5.69 Å². The number of nitrogens with zero attached hydrogens (tertiary/aromatic N) is 3. The SMILES string of the molecule is CCOC(=O)c1cnn(-c2cccc3c2ccn3S(=O)(=O)c2ccc(C)cc2)c1C(F)(F)F. The van der Waals surface area contributed by atoms with Gasteiger partial charge in [0.25, 0.3) is 10.0 Å². The standard InChI is InChI=1S/C22H18F3N3O4S/c1-3-32-21(29)17-13-26-28(20(17)22(23,24)25)19-6-4-5-18-16(19)11-12-27(18)33(30,31)15-9-7-14(2)8-10-15/h4-13H,3H2,1-2H3. The van der Waals surface area contributed by atoms with E-state index in [-0.39, 0.29) is 28.1 Å². The highest BCUT2D eigenvalue weighted by molar-refractivity contribution is 7.90. The molecule has 172 valence electrons. The van der Waals surface area contributed by atoms with Crippen LogP contribution in [-0.4, -0.2) is 34.7 Å². The number of aryl methyl sites for hydroxylation is 1. The Labute approximate surface area is 187 Å². The Morgan fingerprint density at radius 2 is 1.79 bits per heavy atom. The summed E-state index contributed by atoms with van der Waals surface area (Å²) in [5, 5.41) is 3.99. The summed E-state index contributed by atoms with van der Waals surface area (Å²) in [6.07, 6.45) is -2.86. The van der Waals surface area contributed by atoms with Crippen LogP contribution in [0.1, 0.15) is 28.5 Å². The normalized spacial score (nSPS) is 12.3. The monoisotopic (exact) mass is 477 g/mol. The molecule has 11 heteroatoms. The maximum absolute atomic E-state index is 13.9. The number of aromatic nitrogens is 3. The van der Waals surface area contributed by atoms with E-state index in [1.807, 2.05) is 6.92 Å². The fraction of sp³-hybridized carbons (Fsp3) is 0.182. The van der Waals surface area contributed by atoms with E-state index in [0.717, 1.165) is 15.7 Å². The van der Waals surface area contributed by atoms with Crippen LogP contribution in [0.5, 0.6) is 0 Å². The minimum atomic E-state index is -4.92. The fourth-order valence-electron chi connectivity index (χ4n) is 3.51. The second-order valence-electron chi connectivity index (χ2n) is 7.18. The van der Waals surface area contributed by atoms with Crippen LogP contribution >= 0.6 is 0 Å². The lowest BCUT2D eigenvalue weighted by atomic mass is 10.2. The van der Waals surface area contributed by atoms with Gasteiger partial charge >= 0.3 is 12.1 Å². The molecule has 0 saturated carbocycles. The quantitative estimate of drug-likeness (QED) is 0.394. The lowest BCUT2D eigenvalue weighted by Gasteiger charge is -2.14. The average molecular weight is 477 g/mol. The number of ether oxygens (including phenoxy) is 1. The number of hydrogen-bond donors (Lipinski definition) is 0. The smallest absolute Gasteiger partial charge is 0.434 e. The number of alkyl halides is 3. The first-order valence-corrected chi connectivity index (χ1v) is 11.2. The van der Waals surface area contributed by atoms with E-state index < -0.39 is 33.4 Å². The van der Waals surface area contributed by atoms with Crippen molar-refractivity contribution in [3.63, 3.8) is 0 Å². The molecule has 0 amide bonds. The van der Waals surface area contributed by atoms with Gasteiger partial charge in [0.05, 0.1) is 28.9 Å². The first-order valence-electron chi connectivity index (χ1n) is 9.80. The molecule has 0 radical (unpaired) electrons. The Balaban J connectivity index is 1.91. The third kappa shape index (κ3) is 3.88. The second-order valence-corrected chi connectivity index (χ2v) is 8.99. The van der Waals surface area contributed by atoms with Crippen molar-refractivity contribution in [1.29, 1.82) is 0 Å². The highest BCUT2D eigenvalue weighted by atomic mass is 32.2. The molecule has 2 heterocycles. The highest BCUT2D eigenvalue weighted by Crippen LogP contribution is 2.36. The molecule has 4 aromatic rings. The lowest BCUT2D eigenvalue weighted by Crippen LogP contribution is -2.18. The molecule has 0 fully saturated rings. The first kappa shape index (κ1) is 22.6. The van der Waals surface area contributed by atoms with Crippen molar-refractivity contribution < 1.29 is 31.1 Å². The number of carbonyl (C=O) groups excluding carboxylic acids is 1. The van der Waals surface area contributed by atoms with Crippen LogP contribution in [0.4, 0.5) is 13.2 Å². The molecule has 0 N–H and O–H groups in total. The molecule has 7 nitrogen and oxygen atoms in total. The van der Waals surface area contributed by atoms with Crippen molar-refractivity contribution in [3.8, 4) is 5.69 Å². The van der Waals surface area contributed by atoms with Gasteiger partial charge < -0.3 is 4.74 Å². The van der Waals surface area contributed by atoms with Gasteiger partial charge in [-0.2, -0.15) is 18.3 Å². The van der Waals surface area contributed by atoms with Crippen molar-refractivity contribution in [1.82, 2.24) is 13.8 Å². The Hall–Kier alpha value is -3.60. The number of halogens is 3. The summed E-state index contributed by atoms with van der Waals surface area (Å²) in [6.45, 7) is 3.20. The molecule has 0 spiro atoms. The number of hydrogen-bond acceptors (Lipinski definition) is 5. The van der Waals surface area contributed by atoms with Crippen LogP contribution in [0.2, 0.25) is 0 Å². The minimum Gasteiger partial charge on any atom is -0.462 e. The van der Waals surface area contributed by atoms with Crippen molar-refractivity contribution in [2.24, 2.45) is 0 Å². The zero-order valence-corrected chi connectivity index (χ0v) is 18.3. The Morgan fingerprint density at radius 3 is 2.42 bits per heavy atom. The van der Waals surface area contributed by atoms with Gasteiger partial charge in [0.2, 0.25) is 0 Å². The zero-order chi connectivity index (χ0) is 24.0. The third-order valence-corrected chi connectivity index (χ3v) is 6.72. The van der Waals surface area contributed by atoms with Gasteiger partial charge in [0, 0.05) is 11.6 Å². The van der Waals surface area contributed by atoms with Crippen LogP contribution in [0.25, 0.3) is 16.6 Å². The molecule has 4 rings (SSSR count). The number of carbonyl (C=O) groups is 1. The van der Waals surface area contributed by atoms with Crippen molar-refractivity contribution >= 4 is 26.9 Å². The van der Waals surface area contributed by atoms with E-state index in [1.165, 1.54) is 49.5 Å². The Morgan fingerprint density at radius 1 is 1.09 bits per heavy atom. The molecule has 0 bridgehead atoms. The molecule has 0 aliphatic carbocycles. The predicted octanol–water partition coefficient (Wildman–Crippen LogP) is 4.57. The maximum atomic E-state index is 13.9. The average Bonchev–Trinajstić information content (AvgIpc) is 3.39. The lowest BCUT2D eigenvalue weighted by molar-refractivity contribution is -0.143. The summed E-state index contributed by atoms with van der Waals surface area (Å²) in [5.74, 6) is -1.15. The molecule has 2 aromatic heterocycles. The number of rotatable bonds is 5. The van der Waals surface area contributed by atoms with Crippen LogP contribution in [0, 0.1) is 6.92 Å². The number of benzene rings is 2. The van der Waals surface area contributed by atoms with Gasteiger partial charge in [-0.15, -0.1) is 0 Å². The molecule has 0 saturated heterocycles. The second kappa shape index (κ2) is 8.07. The first-order chi connectivity index (χ1) is 15.6. The van der Waals surface area contributed by atoms with Crippen molar-refractivity contribution in [2.75, 3.05) is 6.61 Å². The molecular weight excluding hydrogens is 459 g/mol. The van der Waals surface area contributed by atoms with Crippen LogP contribution in [-0.2, 0) is 20.9 Å². The van der Waals surface area contributed by atoms with Gasteiger partial charge in [0.1, 0.15) is 5.56 Å². The van der Waals surface area contributed by atoms with Crippen molar-refractivity contribution in [2.45, 2.75) is 24.9 Å². The van der Waals surface area contributed by atoms with Crippen LogP contribution in [0.15, 0.2) is 65.8 Å². The largest absolute Gasteiger partial charge is 0.462 e. The molecule has 0 unspecified atom stereocenters. The van der Waals surface area contributed by atoms with Gasteiger partial charge in [-0.1, -0.05) is 23.8 Å².